The molecule has 0 bridgehead atoms. The zero-order valence-corrected chi connectivity index (χ0v) is 11.4. The molecule has 0 saturated heterocycles. The van der Waals surface area contributed by atoms with E-state index >= 15 is 0 Å². The van der Waals surface area contributed by atoms with E-state index in [2.05, 4.69) is 17.4 Å². The van der Waals surface area contributed by atoms with Gasteiger partial charge < -0.3 is 5.32 Å². The summed E-state index contributed by atoms with van der Waals surface area (Å²) in [5, 5.41) is 13.9. The zero-order chi connectivity index (χ0) is 14.8. The van der Waals surface area contributed by atoms with Gasteiger partial charge in [-0.1, -0.05) is 24.3 Å². The van der Waals surface area contributed by atoms with E-state index in [0.717, 1.165) is 17.7 Å². The highest BCUT2D eigenvalue weighted by Gasteiger charge is 2.23. The maximum Gasteiger partial charge on any atom is 0.292 e. The fourth-order valence-corrected chi connectivity index (χ4v) is 2.38. The first-order chi connectivity index (χ1) is 10.1. The summed E-state index contributed by atoms with van der Waals surface area (Å²) in [6.45, 7) is 0.435. The third kappa shape index (κ3) is 3.18. The van der Waals surface area contributed by atoms with Gasteiger partial charge in [-0.2, -0.15) is 0 Å². The van der Waals surface area contributed by atoms with Crippen LogP contribution in [0.15, 0.2) is 42.5 Å². The van der Waals surface area contributed by atoms with E-state index in [0.29, 0.717) is 12.5 Å². The van der Waals surface area contributed by atoms with Crippen LogP contribution in [0.2, 0.25) is 0 Å². The highest BCUT2D eigenvalue weighted by molar-refractivity contribution is 5.61. The quantitative estimate of drug-likeness (QED) is 0.661. The molecule has 0 amide bonds. The standard InChI is InChI=1S/C16H15FN2O2/c17-14-6-7-16(19(20)21)15(9-14)18-10-11-2-1-3-13(8-11)12-4-5-12/h1-3,6-9,12,18H,4-5,10H2. The van der Waals surface area contributed by atoms with Crippen molar-refractivity contribution in [2.45, 2.75) is 25.3 Å². The van der Waals surface area contributed by atoms with Crippen LogP contribution in [0.3, 0.4) is 0 Å². The van der Waals surface area contributed by atoms with Crippen molar-refractivity contribution < 1.29 is 9.31 Å². The van der Waals surface area contributed by atoms with E-state index in [1.54, 1.807) is 0 Å². The molecule has 0 radical (unpaired) electrons. The second-order valence-electron chi connectivity index (χ2n) is 5.29. The van der Waals surface area contributed by atoms with Crippen LogP contribution in [0.1, 0.15) is 29.9 Å². The lowest BCUT2D eigenvalue weighted by molar-refractivity contribution is -0.384. The van der Waals surface area contributed by atoms with Crippen molar-refractivity contribution >= 4 is 11.4 Å². The topological polar surface area (TPSA) is 55.2 Å². The van der Waals surface area contributed by atoms with Crippen molar-refractivity contribution in [2.24, 2.45) is 0 Å². The molecule has 0 aliphatic heterocycles. The first-order valence-electron chi connectivity index (χ1n) is 6.90. The Balaban J connectivity index is 1.76. The Morgan fingerprint density at radius 3 is 2.76 bits per heavy atom. The molecule has 0 spiro atoms. The molecule has 1 aliphatic carbocycles. The van der Waals surface area contributed by atoms with Crippen LogP contribution >= 0.6 is 0 Å². The van der Waals surface area contributed by atoms with E-state index < -0.39 is 10.7 Å². The van der Waals surface area contributed by atoms with Gasteiger partial charge in [0.25, 0.3) is 5.69 Å². The molecule has 108 valence electrons. The average Bonchev–Trinajstić information content (AvgIpc) is 3.30. The second kappa shape index (κ2) is 5.52. The Hall–Kier alpha value is -2.43. The minimum Gasteiger partial charge on any atom is -0.375 e. The molecule has 1 N–H and O–H groups in total. The number of benzene rings is 2. The Bertz CT molecular complexity index is 684. The van der Waals surface area contributed by atoms with Crippen LogP contribution in [0.25, 0.3) is 0 Å². The minimum atomic E-state index is -0.512. The van der Waals surface area contributed by atoms with Crippen molar-refractivity contribution in [2.75, 3.05) is 5.32 Å². The molecule has 2 aromatic rings. The van der Waals surface area contributed by atoms with Gasteiger partial charge in [0.15, 0.2) is 0 Å². The van der Waals surface area contributed by atoms with Gasteiger partial charge in [0.1, 0.15) is 11.5 Å². The number of nitro benzene ring substituents is 1. The van der Waals surface area contributed by atoms with E-state index in [4.69, 9.17) is 0 Å². The number of nitrogens with one attached hydrogen (secondary N) is 1. The summed E-state index contributed by atoms with van der Waals surface area (Å²) >= 11 is 0. The largest absolute Gasteiger partial charge is 0.375 e. The van der Waals surface area contributed by atoms with Gasteiger partial charge >= 0.3 is 0 Å². The Morgan fingerprint density at radius 2 is 2.05 bits per heavy atom. The molecular formula is C16H15FN2O2. The molecule has 1 fully saturated rings. The Labute approximate surface area is 121 Å². The summed E-state index contributed by atoms with van der Waals surface area (Å²) < 4.78 is 13.3. The Morgan fingerprint density at radius 1 is 1.24 bits per heavy atom. The fraction of sp³-hybridized carbons (Fsp3) is 0.250. The van der Waals surface area contributed by atoms with E-state index in [9.17, 15) is 14.5 Å². The monoisotopic (exact) mass is 286 g/mol. The van der Waals surface area contributed by atoms with Crippen LogP contribution < -0.4 is 5.32 Å². The van der Waals surface area contributed by atoms with Crippen LogP contribution in [0.4, 0.5) is 15.8 Å². The molecule has 21 heavy (non-hydrogen) atoms. The van der Waals surface area contributed by atoms with Gasteiger partial charge in [0.2, 0.25) is 0 Å². The molecule has 1 saturated carbocycles. The molecule has 3 rings (SSSR count). The highest BCUT2D eigenvalue weighted by Crippen LogP contribution is 2.40. The molecule has 0 heterocycles. The molecule has 4 nitrogen and oxygen atoms in total. The Kier molecular flexibility index (Phi) is 3.56. The van der Waals surface area contributed by atoms with E-state index in [-0.39, 0.29) is 11.4 Å². The number of halogens is 1. The molecule has 2 aromatic carbocycles. The van der Waals surface area contributed by atoms with Crippen molar-refractivity contribution in [3.05, 3.63) is 69.5 Å². The second-order valence-corrected chi connectivity index (χ2v) is 5.29. The summed E-state index contributed by atoms with van der Waals surface area (Å²) in [6, 6.07) is 11.6. The molecular weight excluding hydrogens is 271 g/mol. The predicted molar refractivity (Wildman–Crippen MR) is 78.8 cm³/mol. The summed E-state index contributed by atoms with van der Waals surface area (Å²) in [4.78, 5) is 10.4. The number of nitrogens with zero attached hydrogens (tertiary/aromatic N) is 1. The van der Waals surface area contributed by atoms with Gasteiger partial charge in [-0.05, 0) is 36.0 Å². The minimum absolute atomic E-state index is 0.116. The summed E-state index contributed by atoms with van der Waals surface area (Å²) in [7, 11) is 0. The number of anilines is 1. The van der Waals surface area contributed by atoms with Crippen LogP contribution in [0.5, 0.6) is 0 Å². The number of nitro groups is 1. The lowest BCUT2D eigenvalue weighted by atomic mass is 10.1. The predicted octanol–water partition coefficient (Wildman–Crippen LogP) is 4.22. The fourth-order valence-electron chi connectivity index (χ4n) is 2.38. The van der Waals surface area contributed by atoms with Crippen LogP contribution in [-0.2, 0) is 6.54 Å². The normalized spacial score (nSPS) is 14.0. The van der Waals surface area contributed by atoms with Gasteiger partial charge in [-0.3, -0.25) is 10.1 Å². The zero-order valence-electron chi connectivity index (χ0n) is 11.4. The summed E-state index contributed by atoms with van der Waals surface area (Å²) in [5.41, 5.74) is 2.44. The maximum absolute atomic E-state index is 13.3. The van der Waals surface area contributed by atoms with Gasteiger partial charge in [0, 0.05) is 18.7 Å². The van der Waals surface area contributed by atoms with Crippen molar-refractivity contribution in [1.82, 2.24) is 0 Å². The lowest BCUT2D eigenvalue weighted by Crippen LogP contribution is -2.03. The molecule has 0 unspecified atom stereocenters. The first-order valence-corrected chi connectivity index (χ1v) is 6.90. The summed E-state index contributed by atoms with van der Waals surface area (Å²) in [6.07, 6.45) is 2.46. The van der Waals surface area contributed by atoms with E-state index in [1.165, 1.54) is 24.5 Å². The van der Waals surface area contributed by atoms with Crippen LogP contribution in [-0.4, -0.2) is 4.92 Å². The lowest BCUT2D eigenvalue weighted by Gasteiger charge is -2.08. The summed E-state index contributed by atoms with van der Waals surface area (Å²) in [5.74, 6) is 0.170. The third-order valence-corrected chi connectivity index (χ3v) is 3.64. The number of hydrogen-bond acceptors (Lipinski definition) is 3. The molecule has 0 atom stereocenters. The average molecular weight is 286 g/mol. The molecule has 0 aromatic heterocycles. The van der Waals surface area contributed by atoms with E-state index in [1.807, 2.05) is 12.1 Å². The van der Waals surface area contributed by atoms with Gasteiger partial charge in [-0.15, -0.1) is 0 Å². The molecule has 1 aliphatic rings. The van der Waals surface area contributed by atoms with Crippen molar-refractivity contribution in [1.29, 1.82) is 0 Å². The van der Waals surface area contributed by atoms with Crippen molar-refractivity contribution in [3.8, 4) is 0 Å². The van der Waals surface area contributed by atoms with Crippen molar-refractivity contribution in [3.63, 3.8) is 0 Å². The first kappa shape index (κ1) is 13.5. The molecule has 5 heteroatoms. The highest BCUT2D eigenvalue weighted by atomic mass is 19.1. The van der Waals surface area contributed by atoms with Crippen LogP contribution in [0, 0.1) is 15.9 Å². The third-order valence-electron chi connectivity index (χ3n) is 3.64. The van der Waals surface area contributed by atoms with Gasteiger partial charge in [-0.25, -0.2) is 4.39 Å². The SMILES string of the molecule is O=[N+]([O-])c1ccc(F)cc1NCc1cccc(C2CC2)c1. The maximum atomic E-state index is 13.3. The number of rotatable bonds is 5. The number of hydrogen-bond donors (Lipinski definition) is 1. The smallest absolute Gasteiger partial charge is 0.292 e. The van der Waals surface area contributed by atoms with Gasteiger partial charge in [0.05, 0.1) is 4.92 Å².